The maximum Gasteiger partial charge on any atom is 0.311 e. The number of aliphatic carboxylic acids is 1. The predicted octanol–water partition coefficient (Wildman–Crippen LogP) is 2.66. The first-order valence-corrected chi connectivity index (χ1v) is 7.83. The number of nitrogens with one attached hydrogen (secondary N) is 2. The Labute approximate surface area is 137 Å². The average molecular weight is 312 g/mol. The molecule has 0 spiro atoms. The molecule has 0 saturated carbocycles. The minimum atomic E-state index is -0.844. The summed E-state index contributed by atoms with van der Waals surface area (Å²) in [7, 11) is 0. The molecule has 122 valence electrons. The maximum atomic E-state index is 11.6. The van der Waals surface area contributed by atoms with E-state index >= 15 is 0 Å². The number of carboxylic acids is 1. The van der Waals surface area contributed by atoms with Gasteiger partial charge in [0, 0.05) is 26.2 Å². The van der Waals surface area contributed by atoms with Gasteiger partial charge in [-0.1, -0.05) is 60.7 Å². The van der Waals surface area contributed by atoms with Crippen molar-refractivity contribution in [3.05, 3.63) is 71.8 Å². The molecular weight excluding hydrogens is 288 g/mol. The summed E-state index contributed by atoms with van der Waals surface area (Å²) in [5.74, 6) is -0.793. The highest BCUT2D eigenvalue weighted by atomic mass is 16.4. The summed E-state index contributed by atoms with van der Waals surface area (Å²) >= 11 is 0. The van der Waals surface area contributed by atoms with Gasteiger partial charge in [0.15, 0.2) is 0 Å². The normalized spacial score (nSPS) is 11.3. The van der Waals surface area contributed by atoms with E-state index in [0.29, 0.717) is 26.2 Å². The SMILES string of the molecule is CC(CNCc1ccccc1)(CNCc1ccccc1)C(=O)O. The predicted molar refractivity (Wildman–Crippen MR) is 92.0 cm³/mol. The lowest BCUT2D eigenvalue weighted by atomic mass is 9.90. The number of benzene rings is 2. The van der Waals surface area contributed by atoms with Crippen LogP contribution in [0.1, 0.15) is 18.1 Å². The first-order chi connectivity index (χ1) is 11.1. The maximum absolute atomic E-state index is 11.6. The van der Waals surface area contributed by atoms with E-state index in [9.17, 15) is 9.90 Å². The molecule has 0 atom stereocenters. The molecule has 0 unspecified atom stereocenters. The Balaban J connectivity index is 1.82. The minimum absolute atomic E-state index is 0.416. The van der Waals surface area contributed by atoms with E-state index in [4.69, 9.17) is 0 Å². The second-order valence-electron chi connectivity index (χ2n) is 6.04. The molecule has 2 aromatic carbocycles. The van der Waals surface area contributed by atoms with Gasteiger partial charge in [-0.3, -0.25) is 4.79 Å². The zero-order valence-electron chi connectivity index (χ0n) is 13.5. The van der Waals surface area contributed by atoms with E-state index in [2.05, 4.69) is 10.6 Å². The number of rotatable bonds is 9. The first kappa shape index (κ1) is 17.2. The van der Waals surface area contributed by atoms with Crippen LogP contribution in [-0.2, 0) is 17.9 Å². The summed E-state index contributed by atoms with van der Waals surface area (Å²) in [6.07, 6.45) is 0. The summed E-state index contributed by atoms with van der Waals surface area (Å²) in [6, 6.07) is 20.0. The van der Waals surface area contributed by atoms with Crippen molar-refractivity contribution < 1.29 is 9.90 Å². The van der Waals surface area contributed by atoms with Crippen LogP contribution in [0.3, 0.4) is 0 Å². The molecule has 0 saturated heterocycles. The zero-order valence-corrected chi connectivity index (χ0v) is 13.5. The standard InChI is InChI=1S/C19H24N2O2/c1-19(18(22)23,14-20-12-16-8-4-2-5-9-16)15-21-13-17-10-6-3-7-11-17/h2-11,20-21H,12-15H2,1H3,(H,22,23). The number of hydrogen-bond acceptors (Lipinski definition) is 3. The lowest BCUT2D eigenvalue weighted by Crippen LogP contribution is -2.45. The molecule has 3 N–H and O–H groups in total. The molecule has 0 radical (unpaired) electrons. The molecule has 23 heavy (non-hydrogen) atoms. The number of carboxylic acid groups (broad SMARTS) is 1. The highest BCUT2D eigenvalue weighted by molar-refractivity contribution is 5.74. The van der Waals surface area contributed by atoms with E-state index in [1.54, 1.807) is 6.92 Å². The van der Waals surface area contributed by atoms with Crippen molar-refractivity contribution in [3.8, 4) is 0 Å². The van der Waals surface area contributed by atoms with Crippen LogP contribution >= 0.6 is 0 Å². The van der Waals surface area contributed by atoms with Gasteiger partial charge in [0.2, 0.25) is 0 Å². The van der Waals surface area contributed by atoms with Gasteiger partial charge >= 0.3 is 5.97 Å². The van der Waals surface area contributed by atoms with Crippen molar-refractivity contribution in [1.82, 2.24) is 10.6 Å². The first-order valence-electron chi connectivity index (χ1n) is 7.83. The quantitative estimate of drug-likeness (QED) is 0.666. The summed E-state index contributed by atoms with van der Waals surface area (Å²) in [5, 5.41) is 16.0. The second kappa shape index (κ2) is 8.46. The number of carbonyl (C=O) groups is 1. The van der Waals surface area contributed by atoms with Gasteiger partial charge < -0.3 is 15.7 Å². The summed E-state index contributed by atoms with van der Waals surface area (Å²) in [5.41, 5.74) is 1.46. The summed E-state index contributed by atoms with van der Waals surface area (Å²) in [4.78, 5) is 11.6. The van der Waals surface area contributed by atoms with Crippen LogP contribution in [0.5, 0.6) is 0 Å². The fraction of sp³-hybridized carbons (Fsp3) is 0.316. The van der Waals surface area contributed by atoms with E-state index in [1.165, 1.54) is 0 Å². The van der Waals surface area contributed by atoms with E-state index in [-0.39, 0.29) is 0 Å². The van der Waals surface area contributed by atoms with Crippen molar-refractivity contribution >= 4 is 5.97 Å². The molecule has 0 bridgehead atoms. The largest absolute Gasteiger partial charge is 0.481 e. The van der Waals surface area contributed by atoms with Gasteiger partial charge in [-0.05, 0) is 18.1 Å². The zero-order chi connectivity index (χ0) is 16.5. The molecule has 2 rings (SSSR count). The molecule has 2 aromatic rings. The smallest absolute Gasteiger partial charge is 0.311 e. The van der Waals surface area contributed by atoms with Gasteiger partial charge in [0.1, 0.15) is 0 Å². The Morgan fingerprint density at radius 2 is 1.26 bits per heavy atom. The monoisotopic (exact) mass is 312 g/mol. The van der Waals surface area contributed by atoms with Crippen LogP contribution in [0.15, 0.2) is 60.7 Å². The second-order valence-corrected chi connectivity index (χ2v) is 6.04. The third kappa shape index (κ3) is 5.51. The molecule has 4 nitrogen and oxygen atoms in total. The molecule has 0 aliphatic carbocycles. The van der Waals surface area contributed by atoms with E-state index in [1.807, 2.05) is 60.7 Å². The van der Waals surface area contributed by atoms with Crippen LogP contribution in [0.4, 0.5) is 0 Å². The Morgan fingerprint density at radius 1 is 0.870 bits per heavy atom. The molecule has 0 aliphatic rings. The Kier molecular flexibility index (Phi) is 6.32. The van der Waals surface area contributed by atoms with E-state index in [0.717, 1.165) is 11.1 Å². The highest BCUT2D eigenvalue weighted by Crippen LogP contribution is 2.15. The lowest BCUT2D eigenvalue weighted by Gasteiger charge is -2.26. The van der Waals surface area contributed by atoms with Crippen molar-refractivity contribution in [1.29, 1.82) is 0 Å². The highest BCUT2D eigenvalue weighted by Gasteiger charge is 2.32. The van der Waals surface area contributed by atoms with Crippen molar-refractivity contribution in [3.63, 3.8) is 0 Å². The Morgan fingerprint density at radius 3 is 1.61 bits per heavy atom. The van der Waals surface area contributed by atoms with Gasteiger partial charge in [-0.2, -0.15) is 0 Å². The lowest BCUT2D eigenvalue weighted by molar-refractivity contribution is -0.147. The molecule has 0 heterocycles. The summed E-state index contributed by atoms with van der Waals surface area (Å²) < 4.78 is 0. The van der Waals surface area contributed by atoms with Crippen LogP contribution in [-0.4, -0.2) is 24.2 Å². The Bertz CT molecular complexity index is 554. The van der Waals surface area contributed by atoms with Crippen LogP contribution < -0.4 is 10.6 Å². The van der Waals surface area contributed by atoms with Gasteiger partial charge in [0.25, 0.3) is 0 Å². The van der Waals surface area contributed by atoms with Crippen molar-refractivity contribution in [2.24, 2.45) is 5.41 Å². The molecular formula is C19H24N2O2. The fourth-order valence-corrected chi connectivity index (χ4v) is 2.37. The van der Waals surface area contributed by atoms with Crippen LogP contribution in [0.25, 0.3) is 0 Å². The van der Waals surface area contributed by atoms with Crippen molar-refractivity contribution in [2.75, 3.05) is 13.1 Å². The molecule has 0 fully saturated rings. The Hall–Kier alpha value is -2.17. The topological polar surface area (TPSA) is 61.4 Å². The fourth-order valence-electron chi connectivity index (χ4n) is 2.37. The number of hydrogen-bond donors (Lipinski definition) is 3. The molecule has 0 aliphatic heterocycles. The van der Waals surface area contributed by atoms with E-state index < -0.39 is 11.4 Å². The molecule has 0 amide bonds. The van der Waals surface area contributed by atoms with Gasteiger partial charge in [0.05, 0.1) is 5.41 Å². The van der Waals surface area contributed by atoms with Crippen LogP contribution in [0, 0.1) is 5.41 Å². The third-order valence-corrected chi connectivity index (χ3v) is 3.89. The van der Waals surface area contributed by atoms with Crippen molar-refractivity contribution in [2.45, 2.75) is 20.0 Å². The third-order valence-electron chi connectivity index (χ3n) is 3.89. The average Bonchev–Trinajstić information content (AvgIpc) is 2.57. The molecule has 0 aromatic heterocycles. The summed E-state index contributed by atoms with van der Waals surface area (Å²) in [6.45, 7) is 3.94. The van der Waals surface area contributed by atoms with Gasteiger partial charge in [-0.15, -0.1) is 0 Å². The van der Waals surface area contributed by atoms with Gasteiger partial charge in [-0.25, -0.2) is 0 Å². The minimum Gasteiger partial charge on any atom is -0.481 e. The van der Waals surface area contributed by atoms with Crippen LogP contribution in [0.2, 0.25) is 0 Å². The molecule has 4 heteroatoms.